The Kier molecular flexibility index (Phi) is 8.06. The van der Waals surface area contributed by atoms with Crippen LogP contribution in [0.25, 0.3) is 0 Å². The number of aliphatic imine (C=N–C) groups is 1. The van der Waals surface area contributed by atoms with E-state index in [-0.39, 0.29) is 17.9 Å². The summed E-state index contributed by atoms with van der Waals surface area (Å²) in [7, 11) is 0. The third-order valence-corrected chi connectivity index (χ3v) is 5.63. The van der Waals surface area contributed by atoms with E-state index in [4.69, 9.17) is 4.74 Å². The van der Waals surface area contributed by atoms with E-state index in [0.29, 0.717) is 12.0 Å². The molecular formula is C26H27F4NO2. The van der Waals surface area contributed by atoms with Crippen molar-refractivity contribution in [3.8, 4) is 0 Å². The Morgan fingerprint density at radius 3 is 2.30 bits per heavy atom. The average Bonchev–Trinajstić information content (AvgIpc) is 3.13. The molecule has 1 atom stereocenters. The van der Waals surface area contributed by atoms with Gasteiger partial charge in [0.1, 0.15) is 0 Å². The average molecular weight is 461 g/mol. The number of ether oxygens (including phenoxy) is 1. The smallest absolute Gasteiger partial charge is 0.405 e. The Labute approximate surface area is 191 Å². The highest BCUT2D eigenvalue weighted by Gasteiger charge is 2.48. The van der Waals surface area contributed by atoms with E-state index >= 15 is 0 Å². The molecule has 3 rings (SSSR count). The van der Waals surface area contributed by atoms with Crippen molar-refractivity contribution in [2.24, 2.45) is 4.99 Å². The Bertz CT molecular complexity index is 997. The maximum absolute atomic E-state index is 14.9. The summed E-state index contributed by atoms with van der Waals surface area (Å²) >= 11 is 0. The molecule has 1 aliphatic heterocycles. The van der Waals surface area contributed by atoms with Gasteiger partial charge in [0.25, 0.3) is 0 Å². The second-order valence-corrected chi connectivity index (χ2v) is 8.14. The van der Waals surface area contributed by atoms with Crippen molar-refractivity contribution in [3.05, 3.63) is 83.2 Å². The monoisotopic (exact) mass is 461 g/mol. The second kappa shape index (κ2) is 10.8. The summed E-state index contributed by atoms with van der Waals surface area (Å²) in [6.07, 6.45) is 2.51. The molecular weight excluding hydrogens is 434 g/mol. The first-order valence-electron chi connectivity index (χ1n) is 11.2. The number of nitrogens with zero attached hydrogens (tertiary/aromatic N) is 1. The third kappa shape index (κ3) is 6.09. The first-order valence-corrected chi connectivity index (χ1v) is 11.2. The fourth-order valence-corrected chi connectivity index (χ4v) is 3.77. The van der Waals surface area contributed by atoms with Gasteiger partial charge >= 0.3 is 12.1 Å². The first kappa shape index (κ1) is 24.7. The van der Waals surface area contributed by atoms with Crippen molar-refractivity contribution in [1.29, 1.82) is 0 Å². The number of carbonyl (C=O) groups excluding carboxylic acids is 1. The van der Waals surface area contributed by atoms with Crippen LogP contribution in [0.4, 0.5) is 17.6 Å². The summed E-state index contributed by atoms with van der Waals surface area (Å²) in [5.41, 5.74) is -1.77. The number of carbonyl (C=O) groups is 1. The van der Waals surface area contributed by atoms with Crippen LogP contribution in [0.15, 0.2) is 71.5 Å². The predicted molar refractivity (Wildman–Crippen MR) is 119 cm³/mol. The first-order chi connectivity index (χ1) is 15.8. The Hall–Kier alpha value is -2.96. The number of hydrogen-bond donors (Lipinski definition) is 0. The van der Waals surface area contributed by atoms with Crippen molar-refractivity contribution in [3.63, 3.8) is 0 Å². The largest absolute Gasteiger partial charge is 0.416 e. The fraction of sp³-hybridized carbons (Fsp3) is 0.385. The summed E-state index contributed by atoms with van der Waals surface area (Å²) in [4.78, 5) is 17.4. The minimum absolute atomic E-state index is 0.120. The highest BCUT2D eigenvalue weighted by Crippen LogP contribution is 2.40. The van der Waals surface area contributed by atoms with E-state index in [1.807, 2.05) is 0 Å². The number of unbranched alkanes of at least 4 members (excludes halogenated alkanes) is 5. The SMILES string of the molecule is CCCCCCC/C=C(\F)CC1(c2ccccc2)N=C(c2ccc(C(F)(F)F)cc2)OC1=O. The number of hydrogen-bond acceptors (Lipinski definition) is 3. The highest BCUT2D eigenvalue weighted by atomic mass is 19.4. The van der Waals surface area contributed by atoms with E-state index < -0.39 is 29.1 Å². The second-order valence-electron chi connectivity index (χ2n) is 8.14. The van der Waals surface area contributed by atoms with Gasteiger partial charge in [0, 0.05) is 12.0 Å². The molecule has 0 fully saturated rings. The van der Waals surface area contributed by atoms with Gasteiger partial charge < -0.3 is 4.74 Å². The van der Waals surface area contributed by atoms with Gasteiger partial charge in [-0.15, -0.1) is 0 Å². The van der Waals surface area contributed by atoms with Crippen molar-refractivity contribution in [2.75, 3.05) is 0 Å². The summed E-state index contributed by atoms with van der Waals surface area (Å²) in [6, 6.07) is 12.7. The summed E-state index contributed by atoms with van der Waals surface area (Å²) in [5.74, 6) is -1.34. The van der Waals surface area contributed by atoms with Crippen molar-refractivity contribution in [2.45, 2.75) is 63.6 Å². The van der Waals surface area contributed by atoms with E-state index in [1.54, 1.807) is 30.3 Å². The molecule has 2 aromatic carbocycles. The summed E-state index contributed by atoms with van der Waals surface area (Å²) in [6.45, 7) is 2.13. The Morgan fingerprint density at radius 1 is 1.00 bits per heavy atom. The fourth-order valence-electron chi connectivity index (χ4n) is 3.77. The zero-order valence-electron chi connectivity index (χ0n) is 18.5. The normalized spacial score (nSPS) is 18.9. The number of cyclic esters (lactones) is 1. The molecule has 2 aromatic rings. The lowest BCUT2D eigenvalue weighted by molar-refractivity contribution is -0.139. The summed E-state index contributed by atoms with van der Waals surface area (Å²) in [5, 5.41) is 0. The van der Waals surface area contributed by atoms with Crippen LogP contribution in [0.3, 0.4) is 0 Å². The molecule has 1 heterocycles. The molecule has 0 radical (unpaired) electrons. The molecule has 1 unspecified atom stereocenters. The van der Waals surface area contributed by atoms with Crippen LogP contribution in [0, 0.1) is 0 Å². The number of allylic oxidation sites excluding steroid dienone is 1. The van der Waals surface area contributed by atoms with Gasteiger partial charge in [-0.1, -0.05) is 69.0 Å². The van der Waals surface area contributed by atoms with Gasteiger partial charge in [0.05, 0.1) is 11.4 Å². The maximum Gasteiger partial charge on any atom is 0.416 e. The molecule has 0 saturated carbocycles. The van der Waals surface area contributed by atoms with E-state index in [9.17, 15) is 22.4 Å². The Balaban J connectivity index is 1.86. The van der Waals surface area contributed by atoms with Gasteiger partial charge in [0.2, 0.25) is 5.90 Å². The van der Waals surface area contributed by atoms with Gasteiger partial charge in [-0.05, 0) is 42.7 Å². The zero-order chi connectivity index (χ0) is 23.9. The van der Waals surface area contributed by atoms with Gasteiger partial charge in [-0.3, -0.25) is 0 Å². The third-order valence-electron chi connectivity index (χ3n) is 5.63. The van der Waals surface area contributed by atoms with Crippen molar-refractivity contribution in [1.82, 2.24) is 0 Å². The van der Waals surface area contributed by atoms with Crippen LogP contribution in [-0.4, -0.2) is 11.9 Å². The number of alkyl halides is 3. The number of esters is 1. The van der Waals surface area contributed by atoms with E-state index in [0.717, 1.165) is 44.2 Å². The van der Waals surface area contributed by atoms with Crippen LogP contribution in [0.1, 0.15) is 68.6 Å². The summed E-state index contributed by atoms with van der Waals surface area (Å²) < 4.78 is 58.9. The molecule has 0 N–H and O–H groups in total. The lowest BCUT2D eigenvalue weighted by atomic mass is 9.87. The quantitative estimate of drug-likeness (QED) is 0.209. The molecule has 0 saturated heterocycles. The lowest BCUT2D eigenvalue weighted by Crippen LogP contribution is -2.31. The number of benzene rings is 2. The Morgan fingerprint density at radius 2 is 1.67 bits per heavy atom. The molecule has 7 heteroatoms. The lowest BCUT2D eigenvalue weighted by Gasteiger charge is -2.21. The van der Waals surface area contributed by atoms with Crippen LogP contribution in [-0.2, 0) is 21.2 Å². The highest BCUT2D eigenvalue weighted by molar-refractivity contribution is 6.08. The molecule has 0 amide bonds. The maximum atomic E-state index is 14.9. The molecule has 0 bridgehead atoms. The minimum atomic E-state index is -4.48. The van der Waals surface area contributed by atoms with Gasteiger partial charge in [-0.2, -0.15) is 13.2 Å². The van der Waals surface area contributed by atoms with Gasteiger partial charge in [0.15, 0.2) is 5.54 Å². The molecule has 33 heavy (non-hydrogen) atoms. The molecule has 0 aromatic heterocycles. The van der Waals surface area contributed by atoms with Crippen LogP contribution in [0.5, 0.6) is 0 Å². The number of halogens is 4. The van der Waals surface area contributed by atoms with Crippen molar-refractivity contribution >= 4 is 11.9 Å². The van der Waals surface area contributed by atoms with Crippen LogP contribution < -0.4 is 0 Å². The zero-order valence-corrected chi connectivity index (χ0v) is 18.5. The molecule has 3 nitrogen and oxygen atoms in total. The molecule has 176 valence electrons. The molecule has 0 spiro atoms. The minimum Gasteiger partial charge on any atom is -0.405 e. The van der Waals surface area contributed by atoms with Crippen LogP contribution in [0.2, 0.25) is 0 Å². The van der Waals surface area contributed by atoms with E-state index in [2.05, 4.69) is 11.9 Å². The van der Waals surface area contributed by atoms with Crippen molar-refractivity contribution < 1.29 is 27.1 Å². The van der Waals surface area contributed by atoms with E-state index in [1.165, 1.54) is 18.2 Å². The number of rotatable bonds is 10. The van der Waals surface area contributed by atoms with Gasteiger partial charge in [-0.25, -0.2) is 14.2 Å². The molecule has 0 aliphatic carbocycles. The standard InChI is InChI=1S/C26H27F4NO2/c1-2-3-4-5-6-10-13-22(27)18-25(20-11-8-7-9-12-20)24(32)33-23(31-25)19-14-16-21(17-15-19)26(28,29)30/h7-9,11-17H,2-6,10,18H2,1H3/b22-13-. The predicted octanol–water partition coefficient (Wildman–Crippen LogP) is 7.51. The molecule has 1 aliphatic rings. The van der Waals surface area contributed by atoms with Crippen LogP contribution >= 0.6 is 0 Å². The topological polar surface area (TPSA) is 38.7 Å².